The highest BCUT2D eigenvalue weighted by Crippen LogP contribution is 2.45. The van der Waals surface area contributed by atoms with Crippen molar-refractivity contribution in [1.29, 1.82) is 0 Å². The topological polar surface area (TPSA) is 12.0 Å². The van der Waals surface area contributed by atoms with E-state index >= 15 is 0 Å². The molecule has 5 atom stereocenters. The number of nitrogens with one attached hydrogen (secondary N) is 1. The van der Waals surface area contributed by atoms with Gasteiger partial charge < -0.3 is 5.32 Å². The van der Waals surface area contributed by atoms with E-state index in [9.17, 15) is 0 Å². The zero-order chi connectivity index (χ0) is 13.4. The van der Waals surface area contributed by atoms with Crippen LogP contribution in [0.3, 0.4) is 0 Å². The summed E-state index contributed by atoms with van der Waals surface area (Å²) in [5, 5.41) is 4.58. The molecule has 0 saturated heterocycles. The third kappa shape index (κ3) is 2.73. The van der Waals surface area contributed by atoms with E-state index in [1.807, 2.05) is 12.1 Å². The first-order chi connectivity index (χ1) is 9.13. The minimum absolute atomic E-state index is 0.358. The summed E-state index contributed by atoms with van der Waals surface area (Å²) in [7, 11) is 0. The van der Waals surface area contributed by atoms with Crippen LogP contribution in [0.1, 0.15) is 38.3 Å². The Morgan fingerprint density at radius 1 is 1.21 bits per heavy atom. The van der Waals surface area contributed by atoms with Crippen LogP contribution in [0, 0.1) is 17.8 Å². The fraction of sp³-hybridized carbons (Fsp3) is 0.529. The number of benzene rings is 1. The molecular weight excluding hydrogens is 254 g/mol. The average Bonchev–Trinajstić information content (AvgIpc) is 3.00. The average molecular weight is 276 g/mol. The Balaban J connectivity index is 1.63. The van der Waals surface area contributed by atoms with Crippen molar-refractivity contribution in [2.75, 3.05) is 0 Å². The van der Waals surface area contributed by atoms with Crippen LogP contribution in [0.5, 0.6) is 0 Å². The number of hydrogen-bond donors (Lipinski definition) is 1. The second-order valence-corrected chi connectivity index (χ2v) is 6.61. The second-order valence-electron chi connectivity index (χ2n) is 6.18. The van der Waals surface area contributed by atoms with Crippen molar-refractivity contribution >= 4 is 11.6 Å². The molecule has 0 amide bonds. The van der Waals surface area contributed by atoms with Gasteiger partial charge in [0.05, 0.1) is 0 Å². The summed E-state index contributed by atoms with van der Waals surface area (Å²) >= 11 is 6.07. The molecule has 1 nitrogen and oxygen atoms in total. The van der Waals surface area contributed by atoms with Crippen molar-refractivity contribution in [2.24, 2.45) is 17.8 Å². The van der Waals surface area contributed by atoms with Crippen LogP contribution < -0.4 is 5.32 Å². The molecule has 1 saturated carbocycles. The lowest BCUT2D eigenvalue weighted by atomic mass is 9.87. The molecule has 4 unspecified atom stereocenters. The number of halogens is 1. The minimum atomic E-state index is 0.358. The van der Waals surface area contributed by atoms with Crippen molar-refractivity contribution in [3.63, 3.8) is 0 Å². The highest BCUT2D eigenvalue weighted by molar-refractivity contribution is 6.30. The van der Waals surface area contributed by atoms with E-state index in [2.05, 4.69) is 43.4 Å². The van der Waals surface area contributed by atoms with Gasteiger partial charge in [-0.3, -0.25) is 0 Å². The molecule has 2 aliphatic carbocycles. The zero-order valence-corrected chi connectivity index (χ0v) is 12.4. The van der Waals surface area contributed by atoms with Gasteiger partial charge in [-0.15, -0.1) is 0 Å². The van der Waals surface area contributed by atoms with Gasteiger partial charge in [0.2, 0.25) is 0 Å². The van der Waals surface area contributed by atoms with E-state index in [1.165, 1.54) is 18.4 Å². The Morgan fingerprint density at radius 3 is 2.68 bits per heavy atom. The molecule has 2 bridgehead atoms. The molecule has 0 aliphatic heterocycles. The summed E-state index contributed by atoms with van der Waals surface area (Å²) in [4.78, 5) is 0. The van der Waals surface area contributed by atoms with Gasteiger partial charge in [-0.25, -0.2) is 0 Å². The molecule has 1 aromatic carbocycles. The molecule has 19 heavy (non-hydrogen) atoms. The third-order valence-electron chi connectivity index (χ3n) is 4.83. The van der Waals surface area contributed by atoms with Crippen LogP contribution in [0.4, 0.5) is 0 Å². The first-order valence-corrected chi connectivity index (χ1v) is 7.71. The summed E-state index contributed by atoms with van der Waals surface area (Å²) in [5.41, 5.74) is 1.28. The van der Waals surface area contributed by atoms with Crippen molar-refractivity contribution in [3.05, 3.63) is 47.0 Å². The highest BCUT2D eigenvalue weighted by atomic mass is 35.5. The van der Waals surface area contributed by atoms with Gasteiger partial charge in [-0.1, -0.05) is 35.9 Å². The summed E-state index contributed by atoms with van der Waals surface area (Å²) in [6.45, 7) is 4.56. The summed E-state index contributed by atoms with van der Waals surface area (Å²) in [5.74, 6) is 2.46. The Bertz CT molecular complexity index is 482. The van der Waals surface area contributed by atoms with E-state index in [1.54, 1.807) is 0 Å². The predicted molar refractivity (Wildman–Crippen MR) is 81.3 cm³/mol. The Kier molecular flexibility index (Phi) is 3.68. The highest BCUT2D eigenvalue weighted by Gasteiger charge is 2.38. The molecular formula is C17H22ClN. The van der Waals surface area contributed by atoms with Gasteiger partial charge in [0.25, 0.3) is 0 Å². The van der Waals surface area contributed by atoms with Crippen molar-refractivity contribution in [2.45, 2.75) is 38.8 Å². The van der Waals surface area contributed by atoms with E-state index in [0.717, 1.165) is 22.8 Å². The SMILES string of the molecule is CC(N[C@@H](C)c1cccc(Cl)c1)C1CC2C=CC1C2. The molecule has 0 radical (unpaired) electrons. The maximum Gasteiger partial charge on any atom is 0.0409 e. The van der Waals surface area contributed by atoms with Gasteiger partial charge in [0.15, 0.2) is 0 Å². The first kappa shape index (κ1) is 13.2. The van der Waals surface area contributed by atoms with E-state index in [0.29, 0.717) is 12.1 Å². The molecule has 0 spiro atoms. The zero-order valence-electron chi connectivity index (χ0n) is 11.6. The normalized spacial score (nSPS) is 31.6. The van der Waals surface area contributed by atoms with Gasteiger partial charge in [0, 0.05) is 17.1 Å². The molecule has 1 fully saturated rings. The minimum Gasteiger partial charge on any atom is -0.307 e. The van der Waals surface area contributed by atoms with Crippen LogP contribution in [0.15, 0.2) is 36.4 Å². The second kappa shape index (κ2) is 5.30. The number of rotatable bonds is 4. The monoisotopic (exact) mass is 275 g/mol. The van der Waals surface area contributed by atoms with E-state index in [4.69, 9.17) is 11.6 Å². The maximum atomic E-state index is 6.07. The van der Waals surface area contributed by atoms with Gasteiger partial charge in [-0.05, 0) is 62.1 Å². The summed E-state index contributed by atoms with van der Waals surface area (Å²) in [6, 6.07) is 9.09. The molecule has 2 heteroatoms. The number of allylic oxidation sites excluding steroid dienone is 2. The van der Waals surface area contributed by atoms with Crippen LogP contribution >= 0.6 is 11.6 Å². The van der Waals surface area contributed by atoms with Crippen LogP contribution in [-0.4, -0.2) is 6.04 Å². The molecule has 2 aliphatic rings. The Morgan fingerprint density at radius 2 is 2.05 bits per heavy atom. The van der Waals surface area contributed by atoms with Crippen molar-refractivity contribution in [1.82, 2.24) is 5.32 Å². The fourth-order valence-corrected chi connectivity index (χ4v) is 3.99. The van der Waals surface area contributed by atoms with Gasteiger partial charge >= 0.3 is 0 Å². The smallest absolute Gasteiger partial charge is 0.0409 e. The van der Waals surface area contributed by atoms with Crippen LogP contribution in [0.2, 0.25) is 5.02 Å². The quantitative estimate of drug-likeness (QED) is 0.793. The summed E-state index contributed by atoms with van der Waals surface area (Å²) < 4.78 is 0. The first-order valence-electron chi connectivity index (χ1n) is 7.33. The van der Waals surface area contributed by atoms with Crippen molar-refractivity contribution < 1.29 is 0 Å². The molecule has 0 heterocycles. The summed E-state index contributed by atoms with van der Waals surface area (Å²) in [6.07, 6.45) is 7.58. The lowest BCUT2D eigenvalue weighted by Gasteiger charge is -2.29. The lowest BCUT2D eigenvalue weighted by Crippen LogP contribution is -2.37. The van der Waals surface area contributed by atoms with E-state index in [-0.39, 0.29) is 0 Å². The Hall–Kier alpha value is -0.790. The van der Waals surface area contributed by atoms with Crippen LogP contribution in [0.25, 0.3) is 0 Å². The predicted octanol–water partition coefficient (Wildman–Crippen LogP) is 4.59. The molecule has 0 aromatic heterocycles. The standard InChI is InChI=1S/C17H22ClN/c1-11(14-4-3-5-16(18)10-14)19-12(2)17-9-13-6-7-15(17)8-13/h3-7,10-13,15,17,19H,8-9H2,1-2H3/t11-,12?,13?,15?,17?/m0/s1. The molecule has 102 valence electrons. The van der Waals surface area contributed by atoms with Gasteiger partial charge in [-0.2, -0.15) is 0 Å². The van der Waals surface area contributed by atoms with Crippen LogP contribution in [-0.2, 0) is 0 Å². The number of hydrogen-bond acceptors (Lipinski definition) is 1. The number of fused-ring (bicyclic) bond motifs is 2. The van der Waals surface area contributed by atoms with Gasteiger partial charge in [0.1, 0.15) is 0 Å². The lowest BCUT2D eigenvalue weighted by molar-refractivity contribution is 0.307. The fourth-order valence-electron chi connectivity index (χ4n) is 3.79. The molecule has 1 N–H and O–H groups in total. The maximum absolute atomic E-state index is 6.07. The molecule has 3 rings (SSSR count). The van der Waals surface area contributed by atoms with Crippen molar-refractivity contribution in [3.8, 4) is 0 Å². The Labute approximate surface area is 121 Å². The van der Waals surface area contributed by atoms with E-state index < -0.39 is 0 Å². The third-order valence-corrected chi connectivity index (χ3v) is 5.07. The molecule has 1 aromatic rings. The largest absolute Gasteiger partial charge is 0.307 e.